The van der Waals surface area contributed by atoms with E-state index in [1.165, 1.54) is 12.0 Å². The zero-order valence-electron chi connectivity index (χ0n) is 6.93. The molecule has 1 unspecified atom stereocenters. The van der Waals surface area contributed by atoms with Crippen molar-refractivity contribution in [3.63, 3.8) is 0 Å². The molecule has 1 heterocycles. The molecule has 0 bridgehead atoms. The number of hydrogen-bond acceptors (Lipinski definition) is 1. The van der Waals surface area contributed by atoms with Crippen molar-refractivity contribution in [2.75, 3.05) is 0 Å². The van der Waals surface area contributed by atoms with Crippen LogP contribution in [0.15, 0.2) is 10.8 Å². The zero-order chi connectivity index (χ0) is 8.27. The highest BCUT2D eigenvalue weighted by atomic mass is 35.5. The highest BCUT2D eigenvalue weighted by Gasteiger charge is 2.04. The molecule has 0 aliphatic rings. The van der Waals surface area contributed by atoms with Gasteiger partial charge in [-0.2, -0.15) is 11.3 Å². The van der Waals surface area contributed by atoms with Gasteiger partial charge in [0.1, 0.15) is 0 Å². The standard InChI is InChI=1S/C9H13ClS/c1-3-7(2)4-8-5-11-6-9(8)10/h5-7H,3-4H2,1-2H3. The fourth-order valence-electron chi connectivity index (χ4n) is 0.973. The molecule has 0 amide bonds. The predicted octanol–water partition coefficient (Wildman–Crippen LogP) is 3.99. The molecule has 0 nitrogen and oxygen atoms in total. The highest BCUT2D eigenvalue weighted by molar-refractivity contribution is 7.08. The second-order valence-electron chi connectivity index (χ2n) is 2.96. The summed E-state index contributed by atoms with van der Waals surface area (Å²) >= 11 is 7.64. The van der Waals surface area contributed by atoms with Crippen LogP contribution in [0.4, 0.5) is 0 Å². The van der Waals surface area contributed by atoms with Gasteiger partial charge >= 0.3 is 0 Å². The Hall–Kier alpha value is -0.0100. The molecule has 1 aromatic rings. The Bertz CT molecular complexity index is 217. The first-order valence-corrected chi connectivity index (χ1v) is 5.26. The Kier molecular flexibility index (Phi) is 3.41. The first-order valence-electron chi connectivity index (χ1n) is 3.94. The molecule has 0 radical (unpaired) electrons. The molecular weight excluding hydrogens is 176 g/mol. The van der Waals surface area contributed by atoms with Crippen molar-refractivity contribution in [1.29, 1.82) is 0 Å². The van der Waals surface area contributed by atoms with Crippen LogP contribution in [0.1, 0.15) is 25.8 Å². The molecule has 0 spiro atoms. The Morgan fingerprint density at radius 2 is 2.27 bits per heavy atom. The molecule has 1 atom stereocenters. The van der Waals surface area contributed by atoms with Crippen LogP contribution < -0.4 is 0 Å². The summed E-state index contributed by atoms with van der Waals surface area (Å²) in [6.45, 7) is 4.47. The summed E-state index contributed by atoms with van der Waals surface area (Å²) in [6.07, 6.45) is 2.35. The predicted molar refractivity (Wildman–Crippen MR) is 52.5 cm³/mol. The van der Waals surface area contributed by atoms with Gasteiger partial charge in [-0.05, 0) is 23.3 Å². The largest absolute Gasteiger partial charge is 0.151 e. The number of hydrogen-bond donors (Lipinski definition) is 0. The smallest absolute Gasteiger partial charge is 0.0545 e. The molecule has 1 rings (SSSR count). The summed E-state index contributed by atoms with van der Waals surface area (Å²) in [6, 6.07) is 0. The quantitative estimate of drug-likeness (QED) is 0.673. The van der Waals surface area contributed by atoms with E-state index in [1.54, 1.807) is 11.3 Å². The van der Waals surface area contributed by atoms with Gasteiger partial charge in [0.25, 0.3) is 0 Å². The lowest BCUT2D eigenvalue weighted by Gasteiger charge is -2.05. The summed E-state index contributed by atoms with van der Waals surface area (Å²) in [5.41, 5.74) is 1.31. The molecule has 62 valence electrons. The van der Waals surface area contributed by atoms with Crippen molar-refractivity contribution in [1.82, 2.24) is 0 Å². The van der Waals surface area contributed by atoms with Crippen molar-refractivity contribution >= 4 is 22.9 Å². The number of rotatable bonds is 3. The maximum absolute atomic E-state index is 5.95. The average Bonchev–Trinajstić information content (AvgIpc) is 2.37. The van der Waals surface area contributed by atoms with E-state index in [2.05, 4.69) is 19.2 Å². The van der Waals surface area contributed by atoms with E-state index >= 15 is 0 Å². The van der Waals surface area contributed by atoms with Gasteiger partial charge in [0.15, 0.2) is 0 Å². The maximum atomic E-state index is 5.95. The van der Waals surface area contributed by atoms with Gasteiger partial charge < -0.3 is 0 Å². The van der Waals surface area contributed by atoms with E-state index < -0.39 is 0 Å². The minimum Gasteiger partial charge on any atom is -0.151 e. The van der Waals surface area contributed by atoms with Gasteiger partial charge in [0, 0.05) is 5.38 Å². The Morgan fingerprint density at radius 3 is 2.73 bits per heavy atom. The van der Waals surface area contributed by atoms with Gasteiger partial charge in [0.05, 0.1) is 5.02 Å². The van der Waals surface area contributed by atoms with Crippen LogP contribution in [-0.4, -0.2) is 0 Å². The summed E-state index contributed by atoms with van der Waals surface area (Å²) < 4.78 is 0. The average molecular weight is 189 g/mol. The van der Waals surface area contributed by atoms with Crippen LogP contribution in [0.5, 0.6) is 0 Å². The fraction of sp³-hybridized carbons (Fsp3) is 0.556. The molecule has 1 aromatic heterocycles. The molecule has 0 saturated carbocycles. The van der Waals surface area contributed by atoms with Crippen molar-refractivity contribution < 1.29 is 0 Å². The van der Waals surface area contributed by atoms with Gasteiger partial charge in [-0.1, -0.05) is 31.9 Å². The van der Waals surface area contributed by atoms with E-state index in [1.807, 2.05) is 5.38 Å². The fourth-order valence-corrected chi connectivity index (χ4v) is 2.05. The molecular formula is C9H13ClS. The second kappa shape index (κ2) is 4.13. The maximum Gasteiger partial charge on any atom is 0.0545 e. The third kappa shape index (κ3) is 2.49. The van der Waals surface area contributed by atoms with Crippen LogP contribution in [0.25, 0.3) is 0 Å². The molecule has 0 fully saturated rings. The van der Waals surface area contributed by atoms with E-state index in [9.17, 15) is 0 Å². The Balaban J connectivity index is 2.56. The van der Waals surface area contributed by atoms with Crippen LogP contribution in [0.3, 0.4) is 0 Å². The summed E-state index contributed by atoms with van der Waals surface area (Å²) in [5.74, 6) is 0.752. The van der Waals surface area contributed by atoms with E-state index in [0.717, 1.165) is 17.4 Å². The van der Waals surface area contributed by atoms with Gasteiger partial charge in [0.2, 0.25) is 0 Å². The monoisotopic (exact) mass is 188 g/mol. The Morgan fingerprint density at radius 1 is 1.55 bits per heavy atom. The second-order valence-corrected chi connectivity index (χ2v) is 4.11. The lowest BCUT2D eigenvalue weighted by Crippen LogP contribution is -1.96. The molecule has 0 aliphatic carbocycles. The first kappa shape index (κ1) is 9.08. The summed E-state index contributed by atoms with van der Waals surface area (Å²) in [7, 11) is 0. The van der Waals surface area contributed by atoms with Gasteiger partial charge in [-0.25, -0.2) is 0 Å². The Labute approximate surface area is 77.2 Å². The van der Waals surface area contributed by atoms with Crippen molar-refractivity contribution in [3.8, 4) is 0 Å². The SMILES string of the molecule is CCC(C)Cc1cscc1Cl. The van der Waals surface area contributed by atoms with Gasteiger partial charge in [-0.15, -0.1) is 0 Å². The number of halogens is 1. The summed E-state index contributed by atoms with van der Waals surface area (Å²) in [5, 5.41) is 5.09. The number of thiophene rings is 1. The molecule has 2 heteroatoms. The first-order chi connectivity index (χ1) is 5.24. The molecule has 0 N–H and O–H groups in total. The lowest BCUT2D eigenvalue weighted by atomic mass is 10.0. The highest BCUT2D eigenvalue weighted by Crippen LogP contribution is 2.24. The normalized spacial score (nSPS) is 13.4. The summed E-state index contributed by atoms with van der Waals surface area (Å²) in [4.78, 5) is 0. The van der Waals surface area contributed by atoms with Crippen molar-refractivity contribution in [2.24, 2.45) is 5.92 Å². The molecule has 0 saturated heterocycles. The van der Waals surface area contributed by atoms with Crippen LogP contribution in [0, 0.1) is 5.92 Å². The van der Waals surface area contributed by atoms with E-state index in [0.29, 0.717) is 0 Å². The molecule has 0 aliphatic heterocycles. The third-order valence-electron chi connectivity index (χ3n) is 1.95. The zero-order valence-corrected chi connectivity index (χ0v) is 8.50. The minimum atomic E-state index is 0.752. The van der Waals surface area contributed by atoms with E-state index in [4.69, 9.17) is 11.6 Å². The van der Waals surface area contributed by atoms with Crippen LogP contribution >= 0.6 is 22.9 Å². The van der Waals surface area contributed by atoms with Crippen molar-refractivity contribution in [3.05, 3.63) is 21.3 Å². The van der Waals surface area contributed by atoms with Crippen molar-refractivity contribution in [2.45, 2.75) is 26.7 Å². The third-order valence-corrected chi connectivity index (χ3v) is 3.23. The van der Waals surface area contributed by atoms with Gasteiger partial charge in [-0.3, -0.25) is 0 Å². The molecule has 0 aromatic carbocycles. The van der Waals surface area contributed by atoms with E-state index in [-0.39, 0.29) is 0 Å². The molecule has 11 heavy (non-hydrogen) atoms. The van der Waals surface area contributed by atoms with Crippen LogP contribution in [0.2, 0.25) is 5.02 Å². The lowest BCUT2D eigenvalue weighted by molar-refractivity contribution is 0.561. The van der Waals surface area contributed by atoms with Crippen LogP contribution in [-0.2, 0) is 6.42 Å². The topological polar surface area (TPSA) is 0 Å². The minimum absolute atomic E-state index is 0.752.